The molecule has 0 bridgehead atoms. The van der Waals surface area contributed by atoms with Gasteiger partial charge in [-0.1, -0.05) is 46.7 Å². The van der Waals surface area contributed by atoms with E-state index in [0.717, 1.165) is 49.4 Å². The van der Waals surface area contributed by atoms with Crippen LogP contribution in [0.3, 0.4) is 0 Å². The highest BCUT2D eigenvalue weighted by Crippen LogP contribution is 2.63. The van der Waals surface area contributed by atoms with Crippen LogP contribution in [0.2, 0.25) is 0 Å². The third kappa shape index (κ3) is 2.17. The van der Waals surface area contributed by atoms with Crippen molar-refractivity contribution in [2.45, 2.75) is 58.3 Å². The number of rotatable bonds is 2. The molecule has 0 aliphatic heterocycles. The van der Waals surface area contributed by atoms with Crippen molar-refractivity contribution in [3.63, 3.8) is 0 Å². The highest BCUT2D eigenvalue weighted by Gasteiger charge is 2.56. The first-order valence-electron chi connectivity index (χ1n) is 9.05. The summed E-state index contributed by atoms with van der Waals surface area (Å²) in [7, 11) is 0. The predicted molar refractivity (Wildman–Crippen MR) is 99.5 cm³/mol. The van der Waals surface area contributed by atoms with E-state index in [1.807, 2.05) is 6.08 Å². The lowest BCUT2D eigenvalue weighted by Gasteiger charge is -2.53. The van der Waals surface area contributed by atoms with Gasteiger partial charge in [-0.25, -0.2) is 0 Å². The minimum absolute atomic E-state index is 0.106. The lowest BCUT2D eigenvalue weighted by atomic mass is 9.51. The molecule has 3 heteroatoms. The Morgan fingerprint density at radius 1 is 1.22 bits per heavy atom. The molecular weight excluding hydrogens is 399 g/mol. The highest BCUT2D eigenvalue weighted by atomic mass is 127. The van der Waals surface area contributed by atoms with E-state index in [9.17, 15) is 9.59 Å². The van der Waals surface area contributed by atoms with Crippen molar-refractivity contribution < 1.29 is 9.59 Å². The molecule has 4 aliphatic carbocycles. The van der Waals surface area contributed by atoms with Gasteiger partial charge in [-0.15, -0.1) is 0 Å². The Balaban J connectivity index is 1.80. The van der Waals surface area contributed by atoms with Gasteiger partial charge in [-0.3, -0.25) is 9.59 Å². The molecule has 2 fully saturated rings. The largest absolute Gasteiger partial charge is 0.299 e. The molecule has 0 amide bonds. The standard InChI is InChI=1S/C20H25IO2/c1-19-8-7-17-15(16(19)4-5-18(19)23)3-2-13-12-14(22)6-9-20(13,17)10-11-21/h7,12,15-16H,2-6,8-11H2,1H3/t15?,16?,19-,20+/m0/s1. The minimum atomic E-state index is -0.106. The second kappa shape index (κ2) is 5.53. The first-order valence-corrected chi connectivity index (χ1v) is 10.6. The Kier molecular flexibility index (Phi) is 3.86. The lowest BCUT2D eigenvalue weighted by Crippen LogP contribution is -2.45. The molecule has 0 saturated heterocycles. The molecule has 4 aliphatic rings. The molecule has 4 rings (SSSR count). The van der Waals surface area contributed by atoms with Gasteiger partial charge in [0.05, 0.1) is 0 Å². The maximum atomic E-state index is 12.4. The van der Waals surface area contributed by atoms with Crippen LogP contribution >= 0.6 is 22.6 Å². The first-order chi connectivity index (χ1) is 11.0. The summed E-state index contributed by atoms with van der Waals surface area (Å²) in [5, 5.41) is 0. The van der Waals surface area contributed by atoms with Gasteiger partial charge < -0.3 is 0 Å². The molecule has 2 saturated carbocycles. The van der Waals surface area contributed by atoms with Crippen LogP contribution in [-0.4, -0.2) is 16.0 Å². The summed E-state index contributed by atoms with van der Waals surface area (Å²) < 4.78 is 1.13. The van der Waals surface area contributed by atoms with Crippen LogP contribution < -0.4 is 0 Å². The Morgan fingerprint density at radius 2 is 2.04 bits per heavy atom. The van der Waals surface area contributed by atoms with Gasteiger partial charge in [-0.2, -0.15) is 0 Å². The number of alkyl halides is 1. The van der Waals surface area contributed by atoms with E-state index >= 15 is 0 Å². The summed E-state index contributed by atoms with van der Waals surface area (Å²) in [6.07, 6.45) is 12.2. The van der Waals surface area contributed by atoms with Gasteiger partial charge in [0.2, 0.25) is 0 Å². The first kappa shape index (κ1) is 16.0. The normalized spacial score (nSPS) is 42.5. The Labute approximate surface area is 152 Å². The van der Waals surface area contributed by atoms with Crippen LogP contribution in [-0.2, 0) is 9.59 Å². The average Bonchev–Trinajstić information content (AvgIpc) is 2.84. The second-order valence-corrected chi connectivity index (χ2v) is 9.23. The van der Waals surface area contributed by atoms with Crippen LogP contribution in [0, 0.1) is 22.7 Å². The minimum Gasteiger partial charge on any atom is -0.299 e. The molecule has 2 unspecified atom stereocenters. The lowest BCUT2D eigenvalue weighted by molar-refractivity contribution is -0.127. The van der Waals surface area contributed by atoms with Crippen molar-refractivity contribution in [2.75, 3.05) is 4.43 Å². The number of hydrogen-bond acceptors (Lipinski definition) is 2. The number of hydrogen-bond donors (Lipinski definition) is 0. The number of allylic oxidation sites excluding steroid dienone is 4. The Bertz CT molecular complexity index is 632. The quantitative estimate of drug-likeness (QED) is 0.362. The average molecular weight is 424 g/mol. The Morgan fingerprint density at radius 3 is 2.83 bits per heavy atom. The zero-order valence-corrected chi connectivity index (χ0v) is 16.0. The fraction of sp³-hybridized carbons (Fsp3) is 0.700. The van der Waals surface area contributed by atoms with E-state index in [4.69, 9.17) is 0 Å². The van der Waals surface area contributed by atoms with Crippen LogP contribution in [0.15, 0.2) is 23.3 Å². The predicted octanol–water partition coefficient (Wildman–Crippen LogP) is 4.81. The van der Waals surface area contributed by atoms with Crippen molar-refractivity contribution in [3.8, 4) is 0 Å². The third-order valence-electron chi connectivity index (χ3n) is 7.32. The number of carbonyl (C=O) groups excluding carboxylic acids is 2. The molecular formula is C20H25IO2. The molecule has 23 heavy (non-hydrogen) atoms. The molecule has 0 spiro atoms. The van der Waals surface area contributed by atoms with Crippen molar-refractivity contribution >= 4 is 34.2 Å². The maximum Gasteiger partial charge on any atom is 0.155 e. The number of halogens is 1. The van der Waals surface area contributed by atoms with Crippen molar-refractivity contribution in [3.05, 3.63) is 23.3 Å². The van der Waals surface area contributed by atoms with Crippen LogP contribution in [0.4, 0.5) is 0 Å². The monoisotopic (exact) mass is 424 g/mol. The fourth-order valence-corrected chi connectivity index (χ4v) is 6.97. The molecule has 2 nitrogen and oxygen atoms in total. The molecule has 0 heterocycles. The molecule has 4 atom stereocenters. The van der Waals surface area contributed by atoms with E-state index in [1.54, 1.807) is 5.57 Å². The van der Waals surface area contributed by atoms with Crippen molar-refractivity contribution in [2.24, 2.45) is 22.7 Å². The van der Waals surface area contributed by atoms with Gasteiger partial charge in [0, 0.05) is 28.1 Å². The zero-order chi connectivity index (χ0) is 16.2. The second-order valence-electron chi connectivity index (χ2n) is 8.15. The summed E-state index contributed by atoms with van der Waals surface area (Å²) in [6.45, 7) is 2.21. The molecule has 0 aromatic rings. The maximum absolute atomic E-state index is 12.4. The molecule has 0 aromatic heterocycles. The number of ketones is 2. The smallest absolute Gasteiger partial charge is 0.155 e. The van der Waals surface area contributed by atoms with E-state index in [0.29, 0.717) is 29.8 Å². The fourth-order valence-electron chi connectivity index (χ4n) is 6.05. The summed E-state index contributed by atoms with van der Waals surface area (Å²) in [6, 6.07) is 0. The van der Waals surface area contributed by atoms with Gasteiger partial charge in [-0.05, 0) is 56.4 Å². The topological polar surface area (TPSA) is 34.1 Å². The van der Waals surface area contributed by atoms with Crippen molar-refractivity contribution in [1.29, 1.82) is 0 Å². The van der Waals surface area contributed by atoms with E-state index in [1.165, 1.54) is 5.57 Å². The summed E-state index contributed by atoms with van der Waals surface area (Å²) in [5.74, 6) is 1.93. The third-order valence-corrected chi connectivity index (χ3v) is 7.85. The van der Waals surface area contributed by atoms with Gasteiger partial charge in [0.1, 0.15) is 5.78 Å². The van der Waals surface area contributed by atoms with Crippen molar-refractivity contribution in [1.82, 2.24) is 0 Å². The molecule has 124 valence electrons. The highest BCUT2D eigenvalue weighted by molar-refractivity contribution is 14.1. The zero-order valence-electron chi connectivity index (χ0n) is 13.9. The SMILES string of the molecule is C[C@]12CC=C3C(CCC4=CC(=O)CC[C@@]43CCI)C1CCC2=O. The summed E-state index contributed by atoms with van der Waals surface area (Å²) >= 11 is 2.49. The number of carbonyl (C=O) groups is 2. The summed E-state index contributed by atoms with van der Waals surface area (Å²) in [5.41, 5.74) is 3.05. The van der Waals surface area contributed by atoms with E-state index in [2.05, 4.69) is 35.6 Å². The van der Waals surface area contributed by atoms with E-state index in [-0.39, 0.29) is 10.8 Å². The number of Topliss-reactive ketones (excluding diaryl/α,β-unsaturated/α-hetero) is 1. The van der Waals surface area contributed by atoms with E-state index < -0.39 is 0 Å². The van der Waals surface area contributed by atoms with Crippen LogP contribution in [0.1, 0.15) is 58.3 Å². The van der Waals surface area contributed by atoms with Crippen LogP contribution in [0.25, 0.3) is 0 Å². The molecule has 0 aromatic carbocycles. The molecule has 0 radical (unpaired) electrons. The van der Waals surface area contributed by atoms with Crippen LogP contribution in [0.5, 0.6) is 0 Å². The van der Waals surface area contributed by atoms with Gasteiger partial charge in [0.15, 0.2) is 5.78 Å². The Hall–Kier alpha value is -0.450. The number of fused-ring (bicyclic) bond motifs is 5. The van der Waals surface area contributed by atoms with Gasteiger partial charge in [0.25, 0.3) is 0 Å². The molecule has 0 N–H and O–H groups in total. The summed E-state index contributed by atoms with van der Waals surface area (Å²) in [4.78, 5) is 24.4. The van der Waals surface area contributed by atoms with Gasteiger partial charge >= 0.3 is 0 Å².